The van der Waals surface area contributed by atoms with Gasteiger partial charge < -0.3 is 10.2 Å². The minimum atomic E-state index is -4.15. The number of likely N-dealkylation sites (N-methyl/N-ethyl adjacent to an activating group) is 1. The van der Waals surface area contributed by atoms with E-state index in [1.165, 1.54) is 30.1 Å². The van der Waals surface area contributed by atoms with E-state index in [2.05, 4.69) is 5.32 Å². The first kappa shape index (κ1) is 28.5. The molecule has 7 nitrogen and oxygen atoms in total. The molecule has 0 saturated carbocycles. The van der Waals surface area contributed by atoms with Crippen molar-refractivity contribution in [2.75, 3.05) is 17.9 Å². The van der Waals surface area contributed by atoms with E-state index in [0.29, 0.717) is 22.0 Å². The fourth-order valence-electron chi connectivity index (χ4n) is 3.89. The molecule has 0 radical (unpaired) electrons. The van der Waals surface area contributed by atoms with Crippen LogP contribution in [0.25, 0.3) is 0 Å². The van der Waals surface area contributed by atoms with Gasteiger partial charge >= 0.3 is 0 Å². The molecule has 0 fully saturated rings. The first-order valence-corrected chi connectivity index (χ1v) is 13.9. The maximum atomic E-state index is 13.8. The SMILES string of the molecule is CC[C@@H](C(=O)NC)N(Cc1ccccc1Cl)C(=O)CN(c1cccc(Cl)c1)S(=O)(=O)c1ccc(C)cc1. The van der Waals surface area contributed by atoms with Gasteiger partial charge in [-0.25, -0.2) is 8.42 Å². The van der Waals surface area contributed by atoms with E-state index >= 15 is 0 Å². The Balaban J connectivity index is 2.07. The highest BCUT2D eigenvalue weighted by Crippen LogP contribution is 2.27. The van der Waals surface area contributed by atoms with Crippen molar-refractivity contribution in [3.63, 3.8) is 0 Å². The van der Waals surface area contributed by atoms with Gasteiger partial charge in [0.2, 0.25) is 11.8 Å². The van der Waals surface area contributed by atoms with Crippen molar-refractivity contribution in [2.24, 2.45) is 0 Å². The normalized spacial score (nSPS) is 12.0. The van der Waals surface area contributed by atoms with Crippen LogP contribution < -0.4 is 9.62 Å². The average Bonchev–Trinajstić information content (AvgIpc) is 2.88. The van der Waals surface area contributed by atoms with Gasteiger partial charge in [-0.3, -0.25) is 13.9 Å². The van der Waals surface area contributed by atoms with Crippen molar-refractivity contribution in [1.82, 2.24) is 10.2 Å². The van der Waals surface area contributed by atoms with Crippen LogP contribution >= 0.6 is 23.2 Å². The van der Waals surface area contributed by atoms with Crippen LogP contribution in [0.5, 0.6) is 0 Å². The summed E-state index contributed by atoms with van der Waals surface area (Å²) in [5.74, 6) is -0.926. The molecule has 0 unspecified atom stereocenters. The second-order valence-electron chi connectivity index (χ2n) is 8.46. The number of hydrogen-bond acceptors (Lipinski definition) is 4. The van der Waals surface area contributed by atoms with Crippen molar-refractivity contribution in [3.8, 4) is 0 Å². The Hall–Kier alpha value is -3.07. The number of nitrogens with one attached hydrogen (secondary N) is 1. The highest BCUT2D eigenvalue weighted by Gasteiger charge is 2.33. The lowest BCUT2D eigenvalue weighted by Gasteiger charge is -2.33. The standard InChI is InChI=1S/C27H29Cl2N3O4S/c1-4-25(27(34)30-3)31(17-20-8-5-6-11-24(20)29)26(33)18-32(22-10-7-9-21(28)16-22)37(35,36)23-14-12-19(2)13-15-23/h5-16,25H,4,17-18H2,1-3H3,(H,30,34)/t25-/m0/s1. The minimum Gasteiger partial charge on any atom is -0.357 e. The number of hydrogen-bond donors (Lipinski definition) is 1. The first-order valence-electron chi connectivity index (χ1n) is 11.7. The number of carbonyl (C=O) groups is 2. The largest absolute Gasteiger partial charge is 0.357 e. The Morgan fingerprint density at radius 2 is 1.65 bits per heavy atom. The van der Waals surface area contributed by atoms with Crippen LogP contribution in [0.4, 0.5) is 5.69 Å². The highest BCUT2D eigenvalue weighted by atomic mass is 35.5. The van der Waals surface area contributed by atoms with Crippen LogP contribution in [0.2, 0.25) is 10.0 Å². The maximum absolute atomic E-state index is 13.8. The van der Waals surface area contributed by atoms with Crippen LogP contribution in [-0.2, 0) is 26.2 Å². The number of sulfonamides is 1. The molecular formula is C27H29Cl2N3O4S. The predicted octanol–water partition coefficient (Wildman–Crippen LogP) is 5.05. The molecule has 0 aliphatic rings. The van der Waals surface area contributed by atoms with Crippen molar-refractivity contribution in [1.29, 1.82) is 0 Å². The molecule has 196 valence electrons. The maximum Gasteiger partial charge on any atom is 0.264 e. The monoisotopic (exact) mass is 561 g/mol. The molecule has 0 heterocycles. The summed E-state index contributed by atoms with van der Waals surface area (Å²) in [5, 5.41) is 3.34. The second-order valence-corrected chi connectivity index (χ2v) is 11.2. The van der Waals surface area contributed by atoms with Crippen LogP contribution in [0.1, 0.15) is 24.5 Å². The number of rotatable bonds is 10. The van der Waals surface area contributed by atoms with Crippen LogP contribution in [0.3, 0.4) is 0 Å². The lowest BCUT2D eigenvalue weighted by atomic mass is 10.1. The molecule has 0 aliphatic heterocycles. The molecule has 1 atom stereocenters. The van der Waals surface area contributed by atoms with Gasteiger partial charge in [0.05, 0.1) is 10.6 Å². The molecule has 0 aliphatic carbocycles. The van der Waals surface area contributed by atoms with Gasteiger partial charge in [-0.15, -0.1) is 0 Å². The van der Waals surface area contributed by atoms with E-state index in [1.54, 1.807) is 61.5 Å². The van der Waals surface area contributed by atoms with Crippen LogP contribution in [-0.4, -0.2) is 44.8 Å². The van der Waals surface area contributed by atoms with Gasteiger partial charge in [0.1, 0.15) is 12.6 Å². The lowest BCUT2D eigenvalue weighted by molar-refractivity contribution is -0.140. The molecule has 3 rings (SSSR count). The molecular weight excluding hydrogens is 533 g/mol. The van der Waals surface area contributed by atoms with Gasteiger partial charge in [-0.1, -0.05) is 72.1 Å². The summed E-state index contributed by atoms with van der Waals surface area (Å²) in [6.45, 7) is 3.11. The van der Waals surface area contributed by atoms with E-state index in [0.717, 1.165) is 9.87 Å². The van der Waals surface area contributed by atoms with Crippen molar-refractivity contribution in [2.45, 2.75) is 37.8 Å². The Morgan fingerprint density at radius 3 is 2.24 bits per heavy atom. The predicted molar refractivity (Wildman–Crippen MR) is 147 cm³/mol. The second kappa shape index (κ2) is 12.4. The molecule has 0 spiro atoms. The fourth-order valence-corrected chi connectivity index (χ4v) is 5.68. The number of aryl methyl sites for hydroxylation is 1. The molecule has 3 aromatic carbocycles. The summed E-state index contributed by atoms with van der Waals surface area (Å²) >= 11 is 12.5. The third kappa shape index (κ3) is 6.83. The number of anilines is 1. The third-order valence-corrected chi connectivity index (χ3v) is 8.31. The van der Waals surface area contributed by atoms with Gasteiger partial charge in [-0.05, 0) is 55.3 Å². The van der Waals surface area contributed by atoms with Gasteiger partial charge in [0, 0.05) is 23.6 Å². The molecule has 0 saturated heterocycles. The molecule has 3 aromatic rings. The molecule has 37 heavy (non-hydrogen) atoms. The van der Waals surface area contributed by atoms with Crippen LogP contribution in [0, 0.1) is 6.92 Å². The molecule has 1 N–H and O–H groups in total. The number of amides is 2. The first-order chi connectivity index (χ1) is 17.6. The molecule has 0 aromatic heterocycles. The van der Waals surface area contributed by atoms with Gasteiger partial charge in [0.15, 0.2) is 0 Å². The minimum absolute atomic E-state index is 0.0262. The summed E-state index contributed by atoms with van der Waals surface area (Å²) in [6, 6.07) is 18.8. The number of benzene rings is 3. The Bertz CT molecular complexity index is 1360. The van der Waals surface area contributed by atoms with Crippen molar-refractivity contribution >= 4 is 50.7 Å². The van der Waals surface area contributed by atoms with E-state index < -0.39 is 28.5 Å². The zero-order chi connectivity index (χ0) is 27.2. The topological polar surface area (TPSA) is 86.8 Å². The number of nitrogens with zero attached hydrogens (tertiary/aromatic N) is 2. The summed E-state index contributed by atoms with van der Waals surface area (Å²) in [6.07, 6.45) is 0.317. The summed E-state index contributed by atoms with van der Waals surface area (Å²) < 4.78 is 28.6. The number of halogens is 2. The Morgan fingerprint density at radius 1 is 0.973 bits per heavy atom. The van der Waals surface area contributed by atoms with Crippen LogP contribution in [0.15, 0.2) is 77.7 Å². The Labute approximate surface area is 228 Å². The van der Waals surface area contributed by atoms with Crippen molar-refractivity contribution < 1.29 is 18.0 Å². The quantitative estimate of drug-likeness (QED) is 0.375. The molecule has 2 amide bonds. The summed E-state index contributed by atoms with van der Waals surface area (Å²) in [4.78, 5) is 28.0. The zero-order valence-corrected chi connectivity index (χ0v) is 23.1. The van der Waals surface area contributed by atoms with E-state index in [1.807, 2.05) is 6.92 Å². The van der Waals surface area contributed by atoms with E-state index in [-0.39, 0.29) is 23.0 Å². The lowest BCUT2D eigenvalue weighted by Crippen LogP contribution is -2.51. The summed E-state index contributed by atoms with van der Waals surface area (Å²) in [5.41, 5.74) is 1.76. The van der Waals surface area contributed by atoms with Gasteiger partial charge in [0.25, 0.3) is 10.0 Å². The zero-order valence-electron chi connectivity index (χ0n) is 20.8. The highest BCUT2D eigenvalue weighted by molar-refractivity contribution is 7.92. The third-order valence-electron chi connectivity index (χ3n) is 5.91. The van der Waals surface area contributed by atoms with E-state index in [4.69, 9.17) is 23.2 Å². The smallest absolute Gasteiger partial charge is 0.264 e. The van der Waals surface area contributed by atoms with Gasteiger partial charge in [-0.2, -0.15) is 0 Å². The fraction of sp³-hybridized carbons (Fsp3) is 0.259. The average molecular weight is 563 g/mol. The Kier molecular flexibility index (Phi) is 9.59. The molecule has 0 bridgehead atoms. The summed E-state index contributed by atoms with van der Waals surface area (Å²) in [7, 11) is -2.67. The van der Waals surface area contributed by atoms with E-state index in [9.17, 15) is 18.0 Å². The molecule has 10 heteroatoms. The van der Waals surface area contributed by atoms with Crippen molar-refractivity contribution in [3.05, 3.63) is 94.0 Å². The number of carbonyl (C=O) groups excluding carboxylic acids is 2.